The minimum absolute atomic E-state index is 0.000915. The molecule has 0 saturated carbocycles. The summed E-state index contributed by atoms with van der Waals surface area (Å²) >= 11 is 6.08. The van der Waals surface area contributed by atoms with Gasteiger partial charge < -0.3 is 15.0 Å². The second-order valence-electron chi connectivity index (χ2n) is 7.03. The second-order valence-corrected chi connectivity index (χ2v) is 7.43. The lowest BCUT2D eigenvalue weighted by atomic mass is 9.96. The number of benzene rings is 2. The van der Waals surface area contributed by atoms with Crippen LogP contribution in [0.1, 0.15) is 18.4 Å². The molecule has 0 atom stereocenters. The molecular weight excluding hydrogens is 388 g/mol. The first-order chi connectivity index (χ1) is 14.1. The number of carbonyl (C=O) groups excluding carboxylic acids is 2. The molecular formula is C23H25ClN2O3. The van der Waals surface area contributed by atoms with Gasteiger partial charge in [0, 0.05) is 30.7 Å². The molecule has 2 aromatic rings. The molecule has 0 aromatic heterocycles. The summed E-state index contributed by atoms with van der Waals surface area (Å²) in [7, 11) is 0. The van der Waals surface area contributed by atoms with Crippen LogP contribution in [-0.4, -0.2) is 43.0 Å². The maximum absolute atomic E-state index is 12.3. The van der Waals surface area contributed by atoms with E-state index < -0.39 is 0 Å². The molecule has 1 N–H and O–H groups in total. The van der Waals surface area contributed by atoms with Gasteiger partial charge >= 0.3 is 0 Å². The number of halogens is 1. The summed E-state index contributed by atoms with van der Waals surface area (Å²) in [6, 6.07) is 16.7. The van der Waals surface area contributed by atoms with Crippen molar-refractivity contribution in [2.45, 2.75) is 12.8 Å². The van der Waals surface area contributed by atoms with E-state index in [1.54, 1.807) is 12.1 Å². The van der Waals surface area contributed by atoms with Crippen molar-refractivity contribution in [3.8, 4) is 5.75 Å². The highest BCUT2D eigenvalue weighted by molar-refractivity contribution is 6.32. The zero-order chi connectivity index (χ0) is 20.5. The third kappa shape index (κ3) is 6.64. The van der Waals surface area contributed by atoms with Gasteiger partial charge in [-0.3, -0.25) is 9.59 Å². The van der Waals surface area contributed by atoms with Crippen molar-refractivity contribution in [2.75, 3.05) is 26.2 Å². The van der Waals surface area contributed by atoms with E-state index in [0.717, 1.165) is 18.4 Å². The van der Waals surface area contributed by atoms with Gasteiger partial charge in [-0.1, -0.05) is 48.0 Å². The van der Waals surface area contributed by atoms with Crippen LogP contribution in [-0.2, 0) is 9.59 Å². The maximum Gasteiger partial charge on any atom is 0.260 e. The summed E-state index contributed by atoms with van der Waals surface area (Å²) < 4.78 is 5.53. The summed E-state index contributed by atoms with van der Waals surface area (Å²) in [5.41, 5.74) is 0.814. The molecule has 1 fully saturated rings. The van der Waals surface area contributed by atoms with Gasteiger partial charge in [0.1, 0.15) is 5.75 Å². The van der Waals surface area contributed by atoms with Crippen molar-refractivity contribution >= 4 is 29.5 Å². The molecule has 0 spiro atoms. The van der Waals surface area contributed by atoms with Crippen molar-refractivity contribution in [3.05, 3.63) is 71.3 Å². The highest BCUT2D eigenvalue weighted by Gasteiger charge is 2.23. The van der Waals surface area contributed by atoms with Gasteiger partial charge in [0.15, 0.2) is 6.61 Å². The van der Waals surface area contributed by atoms with E-state index in [-0.39, 0.29) is 18.4 Å². The molecule has 29 heavy (non-hydrogen) atoms. The Morgan fingerprint density at radius 1 is 1.07 bits per heavy atom. The molecule has 3 rings (SSSR count). The van der Waals surface area contributed by atoms with E-state index in [9.17, 15) is 9.59 Å². The van der Waals surface area contributed by atoms with E-state index in [4.69, 9.17) is 16.3 Å². The highest BCUT2D eigenvalue weighted by Crippen LogP contribution is 2.18. The zero-order valence-electron chi connectivity index (χ0n) is 16.2. The van der Waals surface area contributed by atoms with Gasteiger partial charge in [-0.2, -0.15) is 0 Å². The van der Waals surface area contributed by atoms with Gasteiger partial charge in [-0.05, 0) is 48.6 Å². The SMILES string of the molecule is O=C(C=Cc1ccccc1Cl)NCC1CCN(C(=O)COc2ccccc2)CC1. The number of amides is 2. The molecule has 2 amide bonds. The van der Waals surface area contributed by atoms with Crippen LogP contribution in [0, 0.1) is 5.92 Å². The van der Waals surface area contributed by atoms with Crippen LogP contribution < -0.4 is 10.1 Å². The Morgan fingerprint density at radius 2 is 1.76 bits per heavy atom. The summed E-state index contributed by atoms with van der Waals surface area (Å²) in [5, 5.41) is 3.55. The van der Waals surface area contributed by atoms with Crippen molar-refractivity contribution < 1.29 is 14.3 Å². The summed E-state index contributed by atoms with van der Waals surface area (Å²) in [6.07, 6.45) is 4.95. The van der Waals surface area contributed by atoms with Crippen LogP contribution in [0.25, 0.3) is 6.08 Å². The van der Waals surface area contributed by atoms with E-state index in [2.05, 4.69) is 5.32 Å². The van der Waals surface area contributed by atoms with Crippen LogP contribution in [0.2, 0.25) is 5.02 Å². The van der Waals surface area contributed by atoms with Crippen LogP contribution in [0.15, 0.2) is 60.7 Å². The lowest BCUT2D eigenvalue weighted by Crippen LogP contribution is -2.43. The Hall–Kier alpha value is -2.79. The topological polar surface area (TPSA) is 58.6 Å². The van der Waals surface area contributed by atoms with E-state index in [1.807, 2.05) is 53.4 Å². The van der Waals surface area contributed by atoms with Gasteiger partial charge in [0.25, 0.3) is 5.91 Å². The fraction of sp³-hybridized carbons (Fsp3) is 0.304. The predicted molar refractivity (Wildman–Crippen MR) is 115 cm³/mol. The van der Waals surface area contributed by atoms with Gasteiger partial charge in [-0.15, -0.1) is 0 Å². The average Bonchev–Trinajstić information content (AvgIpc) is 2.76. The van der Waals surface area contributed by atoms with Gasteiger partial charge in [0.2, 0.25) is 5.91 Å². The zero-order valence-corrected chi connectivity index (χ0v) is 17.0. The molecule has 0 unspecified atom stereocenters. The standard InChI is InChI=1S/C23H25ClN2O3/c24-21-9-5-4-6-19(21)10-11-22(27)25-16-18-12-14-26(15-13-18)23(28)17-29-20-7-2-1-3-8-20/h1-11,18H,12-17H2,(H,25,27). The number of ether oxygens (including phenoxy) is 1. The number of hydrogen-bond acceptors (Lipinski definition) is 3. The van der Waals surface area contributed by atoms with E-state index >= 15 is 0 Å². The molecule has 1 saturated heterocycles. The van der Waals surface area contributed by atoms with E-state index in [0.29, 0.717) is 36.3 Å². The quantitative estimate of drug-likeness (QED) is 0.704. The Balaban J connectivity index is 1.35. The number of likely N-dealkylation sites (tertiary alicyclic amines) is 1. The number of nitrogens with zero attached hydrogens (tertiary/aromatic N) is 1. The molecule has 0 bridgehead atoms. The van der Waals surface area contributed by atoms with Crippen LogP contribution in [0.5, 0.6) is 5.75 Å². The first kappa shape index (κ1) is 20.9. The Kier molecular flexibility index (Phi) is 7.70. The lowest BCUT2D eigenvalue weighted by Gasteiger charge is -2.32. The van der Waals surface area contributed by atoms with Crippen molar-refractivity contribution in [1.29, 1.82) is 0 Å². The predicted octanol–water partition coefficient (Wildman–Crippen LogP) is 3.79. The molecule has 0 radical (unpaired) electrons. The van der Waals surface area contributed by atoms with Crippen LogP contribution >= 0.6 is 11.6 Å². The lowest BCUT2D eigenvalue weighted by molar-refractivity contribution is -0.134. The van der Waals surface area contributed by atoms with E-state index in [1.165, 1.54) is 6.08 Å². The minimum Gasteiger partial charge on any atom is -0.484 e. The van der Waals surface area contributed by atoms with Gasteiger partial charge in [0.05, 0.1) is 0 Å². The maximum atomic E-state index is 12.3. The summed E-state index contributed by atoms with van der Waals surface area (Å²) in [5.74, 6) is 0.925. The van der Waals surface area contributed by atoms with Crippen molar-refractivity contribution in [1.82, 2.24) is 10.2 Å². The second kappa shape index (κ2) is 10.7. The average molecular weight is 413 g/mol. The van der Waals surface area contributed by atoms with Gasteiger partial charge in [-0.25, -0.2) is 0 Å². The summed E-state index contributed by atoms with van der Waals surface area (Å²) in [6.45, 7) is 2.03. The van der Waals surface area contributed by atoms with Crippen molar-refractivity contribution in [3.63, 3.8) is 0 Å². The largest absolute Gasteiger partial charge is 0.484 e. The number of para-hydroxylation sites is 1. The van der Waals surface area contributed by atoms with Crippen LogP contribution in [0.4, 0.5) is 0 Å². The third-order valence-corrected chi connectivity index (χ3v) is 5.30. The first-order valence-electron chi connectivity index (χ1n) is 9.78. The smallest absolute Gasteiger partial charge is 0.260 e. The van der Waals surface area contributed by atoms with Crippen molar-refractivity contribution in [2.24, 2.45) is 5.92 Å². The molecule has 152 valence electrons. The normalized spacial score (nSPS) is 14.7. The Bertz CT molecular complexity index is 846. The molecule has 2 aromatic carbocycles. The minimum atomic E-state index is -0.139. The monoisotopic (exact) mass is 412 g/mol. The number of nitrogens with one attached hydrogen (secondary N) is 1. The van der Waals surface area contributed by atoms with Crippen LogP contribution in [0.3, 0.4) is 0 Å². The molecule has 0 aliphatic carbocycles. The number of rotatable bonds is 7. The fourth-order valence-electron chi connectivity index (χ4n) is 3.22. The number of piperidine rings is 1. The number of hydrogen-bond donors (Lipinski definition) is 1. The fourth-order valence-corrected chi connectivity index (χ4v) is 3.42. The first-order valence-corrected chi connectivity index (χ1v) is 10.2. The molecule has 1 heterocycles. The Morgan fingerprint density at radius 3 is 2.48 bits per heavy atom. The highest BCUT2D eigenvalue weighted by atomic mass is 35.5. The Labute approximate surface area is 176 Å². The molecule has 6 heteroatoms. The summed E-state index contributed by atoms with van der Waals surface area (Å²) in [4.78, 5) is 26.2. The molecule has 5 nitrogen and oxygen atoms in total. The third-order valence-electron chi connectivity index (χ3n) is 4.96. The molecule has 1 aliphatic rings. The number of carbonyl (C=O) groups is 2. The molecule has 1 aliphatic heterocycles.